The van der Waals surface area contributed by atoms with Crippen LogP contribution in [0.15, 0.2) is 42.7 Å². The van der Waals surface area contributed by atoms with Crippen LogP contribution in [0, 0.1) is 12.8 Å². The molecule has 2 aliphatic heterocycles. The van der Waals surface area contributed by atoms with Crippen LogP contribution >= 0.6 is 0 Å². The van der Waals surface area contributed by atoms with Gasteiger partial charge in [0.25, 0.3) is 0 Å². The van der Waals surface area contributed by atoms with Gasteiger partial charge in [-0.25, -0.2) is 9.97 Å². The van der Waals surface area contributed by atoms with E-state index in [4.69, 9.17) is 4.98 Å². The van der Waals surface area contributed by atoms with Crippen molar-refractivity contribution in [2.45, 2.75) is 45.2 Å². The minimum Gasteiger partial charge on any atom is -0.333 e. The summed E-state index contributed by atoms with van der Waals surface area (Å²) in [7, 11) is 4.05. The Morgan fingerprint density at radius 3 is 2.68 bits per heavy atom. The second kappa shape index (κ2) is 9.18. The Morgan fingerprint density at radius 2 is 1.94 bits per heavy atom. The van der Waals surface area contributed by atoms with Crippen LogP contribution in [0.2, 0.25) is 0 Å². The Hall–Kier alpha value is -3.26. The Labute approximate surface area is 201 Å². The fraction of sp³-hybridized carbons (Fsp3) is 0.462. The molecule has 1 N–H and O–H groups in total. The number of aryl methyl sites for hydroxylation is 1. The first-order valence-electron chi connectivity index (χ1n) is 12.0. The second-order valence-corrected chi connectivity index (χ2v) is 9.75. The van der Waals surface area contributed by atoms with Crippen molar-refractivity contribution in [3.05, 3.63) is 65.2 Å². The number of carbonyl (C=O) groups excluding carboxylic acids is 1. The van der Waals surface area contributed by atoms with Gasteiger partial charge in [-0.15, -0.1) is 0 Å². The lowest BCUT2D eigenvalue weighted by Gasteiger charge is -2.42. The van der Waals surface area contributed by atoms with Gasteiger partial charge in [-0.2, -0.15) is 5.10 Å². The smallest absolute Gasteiger partial charge is 0.227 e. The fourth-order valence-corrected chi connectivity index (χ4v) is 5.25. The van der Waals surface area contributed by atoms with Crippen LogP contribution in [0.4, 0.5) is 11.6 Å². The number of benzene rings is 1. The molecular weight excluding hydrogens is 426 g/mol. The lowest BCUT2D eigenvalue weighted by Crippen LogP contribution is -2.50. The molecule has 8 nitrogen and oxygen atoms in total. The maximum Gasteiger partial charge on any atom is 0.227 e. The van der Waals surface area contributed by atoms with Crippen molar-refractivity contribution in [3.8, 4) is 0 Å². The minimum atomic E-state index is -0.0138. The third kappa shape index (κ3) is 4.30. The molecule has 5 rings (SSSR count). The molecular formula is C26H33N7O. The maximum atomic E-state index is 13.9. The van der Waals surface area contributed by atoms with E-state index in [1.807, 2.05) is 35.8 Å². The summed E-state index contributed by atoms with van der Waals surface area (Å²) >= 11 is 0. The van der Waals surface area contributed by atoms with Gasteiger partial charge < -0.3 is 15.1 Å². The molecule has 0 saturated carbocycles. The highest BCUT2D eigenvalue weighted by Crippen LogP contribution is 2.35. The number of amides is 1. The van der Waals surface area contributed by atoms with Crippen LogP contribution in [-0.4, -0.2) is 61.6 Å². The maximum absolute atomic E-state index is 13.9. The molecule has 2 aromatic heterocycles. The third-order valence-electron chi connectivity index (χ3n) is 7.45. The molecule has 0 bridgehead atoms. The number of nitrogens with zero attached hydrogens (tertiary/aromatic N) is 6. The average molecular weight is 460 g/mol. The predicted octanol–water partition coefficient (Wildman–Crippen LogP) is 3.27. The third-order valence-corrected chi connectivity index (χ3v) is 7.45. The SMILES string of the molecule is Cc1c(Nc2ncc3c(n2)CN(C(=O)[C@H]2CCN(C)C[C@@H]2c2ccccc2)[C@H](C)C3)cnn1C. The Balaban J connectivity index is 1.38. The Morgan fingerprint density at radius 1 is 1.15 bits per heavy atom. The van der Waals surface area contributed by atoms with E-state index in [0.717, 1.165) is 48.6 Å². The van der Waals surface area contributed by atoms with E-state index in [1.165, 1.54) is 5.56 Å². The number of hydrogen-bond donors (Lipinski definition) is 1. The van der Waals surface area contributed by atoms with Gasteiger partial charge in [0, 0.05) is 37.7 Å². The topological polar surface area (TPSA) is 79.2 Å². The number of anilines is 2. The molecule has 34 heavy (non-hydrogen) atoms. The number of likely N-dealkylation sites (N-methyl/N-ethyl adjacent to an activating group) is 1. The largest absolute Gasteiger partial charge is 0.333 e. The number of nitrogens with one attached hydrogen (secondary N) is 1. The predicted molar refractivity (Wildman–Crippen MR) is 132 cm³/mol. The molecule has 0 aliphatic carbocycles. The highest BCUT2D eigenvalue weighted by Gasteiger charge is 2.39. The van der Waals surface area contributed by atoms with E-state index in [2.05, 4.69) is 58.5 Å². The molecule has 0 radical (unpaired) electrons. The standard InChI is InChI=1S/C26H33N7O/c1-17-12-20-13-27-26(29-23-14-28-32(4)18(23)2)30-24(20)16-33(17)25(34)21-10-11-31(3)15-22(21)19-8-6-5-7-9-19/h5-9,13-14,17,21-22H,10-12,15-16H2,1-4H3,(H,27,29,30)/t17-,21+,22-/m1/s1. The van der Waals surface area contributed by atoms with Crippen LogP contribution in [0.1, 0.15) is 41.8 Å². The van der Waals surface area contributed by atoms with Gasteiger partial charge in [-0.3, -0.25) is 9.48 Å². The second-order valence-electron chi connectivity index (χ2n) is 9.75. The zero-order chi connectivity index (χ0) is 23.8. The average Bonchev–Trinajstić information content (AvgIpc) is 3.16. The van der Waals surface area contributed by atoms with E-state index < -0.39 is 0 Å². The summed E-state index contributed by atoms with van der Waals surface area (Å²) in [6.07, 6.45) is 5.33. The molecule has 0 spiro atoms. The number of rotatable bonds is 4. The van der Waals surface area contributed by atoms with Gasteiger partial charge in [0.15, 0.2) is 0 Å². The lowest BCUT2D eigenvalue weighted by atomic mass is 9.79. The van der Waals surface area contributed by atoms with Crippen molar-refractivity contribution in [2.24, 2.45) is 13.0 Å². The highest BCUT2D eigenvalue weighted by atomic mass is 16.2. The molecule has 1 fully saturated rings. The molecule has 1 amide bonds. The molecule has 4 heterocycles. The van der Waals surface area contributed by atoms with E-state index in [9.17, 15) is 4.79 Å². The van der Waals surface area contributed by atoms with Crippen LogP contribution in [-0.2, 0) is 24.8 Å². The number of fused-ring (bicyclic) bond motifs is 1. The van der Waals surface area contributed by atoms with E-state index in [0.29, 0.717) is 12.5 Å². The first-order chi connectivity index (χ1) is 16.4. The lowest BCUT2D eigenvalue weighted by molar-refractivity contribution is -0.141. The van der Waals surface area contributed by atoms with Gasteiger partial charge in [-0.05, 0) is 51.4 Å². The van der Waals surface area contributed by atoms with E-state index in [-0.39, 0.29) is 23.8 Å². The highest BCUT2D eigenvalue weighted by molar-refractivity contribution is 5.81. The summed E-state index contributed by atoms with van der Waals surface area (Å²) in [6.45, 7) is 6.50. The molecule has 3 atom stereocenters. The summed E-state index contributed by atoms with van der Waals surface area (Å²) in [5.74, 6) is 0.979. The van der Waals surface area contributed by atoms with Crippen LogP contribution in [0.25, 0.3) is 0 Å². The summed E-state index contributed by atoms with van der Waals surface area (Å²) in [5.41, 5.74) is 5.19. The Bertz CT molecular complexity index is 1180. The Kier molecular flexibility index (Phi) is 6.08. The molecule has 8 heteroatoms. The normalized spacial score (nSPS) is 22.9. The van der Waals surface area contributed by atoms with Crippen LogP contribution in [0.3, 0.4) is 0 Å². The van der Waals surface area contributed by atoms with Crippen molar-refractivity contribution >= 4 is 17.5 Å². The van der Waals surface area contributed by atoms with Crippen LogP contribution < -0.4 is 5.32 Å². The molecule has 0 unspecified atom stereocenters. The van der Waals surface area contributed by atoms with Gasteiger partial charge in [-0.1, -0.05) is 30.3 Å². The number of likely N-dealkylation sites (tertiary alicyclic amines) is 1. The van der Waals surface area contributed by atoms with E-state index in [1.54, 1.807) is 6.20 Å². The summed E-state index contributed by atoms with van der Waals surface area (Å²) in [4.78, 5) is 27.6. The first kappa shape index (κ1) is 22.5. The molecule has 1 aromatic carbocycles. The summed E-state index contributed by atoms with van der Waals surface area (Å²) in [5, 5.41) is 7.56. The number of piperidine rings is 1. The minimum absolute atomic E-state index is 0.0138. The zero-order valence-electron chi connectivity index (χ0n) is 20.4. The molecule has 2 aliphatic rings. The van der Waals surface area contributed by atoms with Crippen LogP contribution in [0.5, 0.6) is 0 Å². The van der Waals surface area contributed by atoms with Crippen molar-refractivity contribution in [1.29, 1.82) is 0 Å². The fourth-order valence-electron chi connectivity index (χ4n) is 5.25. The number of hydrogen-bond acceptors (Lipinski definition) is 6. The summed E-state index contributed by atoms with van der Waals surface area (Å²) < 4.78 is 1.81. The zero-order valence-corrected chi connectivity index (χ0v) is 20.4. The van der Waals surface area contributed by atoms with Crippen molar-refractivity contribution in [3.63, 3.8) is 0 Å². The van der Waals surface area contributed by atoms with Gasteiger partial charge in [0.05, 0.1) is 29.8 Å². The number of carbonyl (C=O) groups is 1. The monoisotopic (exact) mass is 459 g/mol. The van der Waals surface area contributed by atoms with Gasteiger partial charge >= 0.3 is 0 Å². The van der Waals surface area contributed by atoms with Crippen molar-refractivity contribution < 1.29 is 4.79 Å². The summed E-state index contributed by atoms with van der Waals surface area (Å²) in [6, 6.07) is 10.6. The van der Waals surface area contributed by atoms with Gasteiger partial charge in [0.2, 0.25) is 11.9 Å². The first-order valence-corrected chi connectivity index (χ1v) is 12.0. The quantitative estimate of drug-likeness (QED) is 0.645. The number of aromatic nitrogens is 4. The van der Waals surface area contributed by atoms with Crippen molar-refractivity contribution in [2.75, 3.05) is 25.5 Å². The molecule has 3 aromatic rings. The van der Waals surface area contributed by atoms with E-state index >= 15 is 0 Å². The molecule has 178 valence electrons. The van der Waals surface area contributed by atoms with Crippen molar-refractivity contribution in [1.82, 2.24) is 29.5 Å². The molecule has 1 saturated heterocycles. The van der Waals surface area contributed by atoms with Gasteiger partial charge in [0.1, 0.15) is 0 Å².